The van der Waals surface area contributed by atoms with Crippen molar-refractivity contribution in [3.05, 3.63) is 33.8 Å². The molecule has 1 heterocycles. The number of rotatable bonds is 3. The first-order chi connectivity index (χ1) is 9.34. The lowest BCUT2D eigenvalue weighted by molar-refractivity contribution is 0.0707. The highest BCUT2D eigenvalue weighted by molar-refractivity contribution is 9.10. The van der Waals surface area contributed by atoms with Gasteiger partial charge in [0.05, 0.1) is 17.1 Å². The van der Waals surface area contributed by atoms with Crippen LogP contribution in [-0.2, 0) is 9.84 Å². The fraction of sp³-hybridized carbons (Fsp3) is 0.500. The van der Waals surface area contributed by atoms with Crippen molar-refractivity contribution in [1.82, 2.24) is 4.90 Å². The normalized spacial score (nSPS) is 20.9. The number of carbonyl (C=O) groups is 1. The minimum absolute atomic E-state index is 0.0794. The lowest BCUT2D eigenvalue weighted by Crippen LogP contribution is -2.41. The second-order valence-electron chi connectivity index (χ2n) is 5.13. The summed E-state index contributed by atoms with van der Waals surface area (Å²) in [5.41, 5.74) is 1.65. The van der Waals surface area contributed by atoms with Crippen molar-refractivity contribution in [3.8, 4) is 0 Å². The molecule has 1 aromatic carbocycles. The maximum atomic E-state index is 12.6. The Morgan fingerprint density at radius 1 is 1.45 bits per heavy atom. The molecule has 2 rings (SSSR count). The number of amides is 1. The van der Waals surface area contributed by atoms with E-state index in [1.807, 2.05) is 26.0 Å². The van der Waals surface area contributed by atoms with Gasteiger partial charge in [0.2, 0.25) is 0 Å². The Morgan fingerprint density at radius 3 is 2.65 bits per heavy atom. The maximum absolute atomic E-state index is 12.6. The van der Waals surface area contributed by atoms with Gasteiger partial charge in [-0.1, -0.05) is 6.07 Å². The molecule has 1 fully saturated rings. The van der Waals surface area contributed by atoms with E-state index in [9.17, 15) is 13.2 Å². The van der Waals surface area contributed by atoms with Gasteiger partial charge >= 0.3 is 0 Å². The van der Waals surface area contributed by atoms with E-state index in [0.717, 1.165) is 10.0 Å². The number of halogens is 1. The average molecular weight is 360 g/mol. The van der Waals surface area contributed by atoms with Crippen LogP contribution in [0, 0.1) is 6.92 Å². The summed E-state index contributed by atoms with van der Waals surface area (Å²) in [5, 5.41) is 0. The zero-order valence-corrected chi connectivity index (χ0v) is 14.0. The molecule has 1 aliphatic heterocycles. The third-order valence-corrected chi connectivity index (χ3v) is 6.01. The number of carbonyl (C=O) groups excluding carboxylic acids is 1. The minimum atomic E-state index is -2.99. The molecule has 1 amide bonds. The van der Waals surface area contributed by atoms with Gasteiger partial charge < -0.3 is 4.90 Å². The van der Waals surface area contributed by atoms with E-state index in [1.54, 1.807) is 11.0 Å². The van der Waals surface area contributed by atoms with E-state index in [1.165, 1.54) is 0 Å². The number of hydrogen-bond donors (Lipinski definition) is 0. The quantitative estimate of drug-likeness (QED) is 0.832. The maximum Gasteiger partial charge on any atom is 0.255 e. The van der Waals surface area contributed by atoms with Crippen molar-refractivity contribution in [2.45, 2.75) is 26.3 Å². The van der Waals surface area contributed by atoms with Crippen LogP contribution in [0.25, 0.3) is 0 Å². The Hall–Kier alpha value is -0.880. The molecule has 0 radical (unpaired) electrons. The topological polar surface area (TPSA) is 54.5 Å². The second-order valence-corrected chi connectivity index (χ2v) is 8.21. The summed E-state index contributed by atoms with van der Waals surface area (Å²) in [6.07, 6.45) is 0.533. The molecule has 4 nitrogen and oxygen atoms in total. The molecule has 0 aromatic heterocycles. The molecule has 1 unspecified atom stereocenters. The summed E-state index contributed by atoms with van der Waals surface area (Å²) < 4.78 is 23.9. The second kappa shape index (κ2) is 5.85. The number of benzene rings is 1. The van der Waals surface area contributed by atoms with Crippen LogP contribution < -0.4 is 0 Å². The summed E-state index contributed by atoms with van der Waals surface area (Å²) in [6.45, 7) is 4.35. The van der Waals surface area contributed by atoms with Crippen LogP contribution in [0.15, 0.2) is 22.7 Å². The van der Waals surface area contributed by atoms with E-state index < -0.39 is 9.84 Å². The van der Waals surface area contributed by atoms with Gasteiger partial charge in [-0.05, 0) is 53.9 Å². The van der Waals surface area contributed by atoms with Gasteiger partial charge in [-0.15, -0.1) is 0 Å². The monoisotopic (exact) mass is 359 g/mol. The highest BCUT2D eigenvalue weighted by Crippen LogP contribution is 2.24. The molecule has 1 saturated heterocycles. The summed E-state index contributed by atoms with van der Waals surface area (Å²) in [7, 11) is -2.99. The van der Waals surface area contributed by atoms with Gasteiger partial charge in [-0.25, -0.2) is 8.42 Å². The molecule has 0 spiro atoms. The highest BCUT2D eigenvalue weighted by atomic mass is 79.9. The van der Waals surface area contributed by atoms with Crippen LogP contribution in [0.1, 0.15) is 29.3 Å². The standard InChI is InChI=1S/C14H18BrNO3S/c1-3-16(11-6-7-20(18,19)9-11)14(17)12-5-4-10(2)8-13(12)15/h4-5,8,11H,3,6-7,9H2,1-2H3. The van der Waals surface area contributed by atoms with Crippen LogP contribution in [0.3, 0.4) is 0 Å². The van der Waals surface area contributed by atoms with Crippen LogP contribution >= 0.6 is 15.9 Å². The van der Waals surface area contributed by atoms with Gasteiger partial charge in [-0.3, -0.25) is 4.79 Å². The first-order valence-electron chi connectivity index (χ1n) is 6.61. The molecule has 1 aliphatic rings. The molecule has 0 aliphatic carbocycles. The Kier molecular flexibility index (Phi) is 4.54. The third-order valence-electron chi connectivity index (χ3n) is 3.61. The number of nitrogens with zero attached hydrogens (tertiary/aromatic N) is 1. The predicted molar refractivity (Wildman–Crippen MR) is 82.6 cm³/mol. The van der Waals surface area contributed by atoms with Crippen molar-refractivity contribution in [2.24, 2.45) is 0 Å². The SMILES string of the molecule is CCN(C(=O)c1ccc(C)cc1Br)C1CCS(=O)(=O)C1. The Balaban J connectivity index is 2.26. The number of sulfone groups is 1. The summed E-state index contributed by atoms with van der Waals surface area (Å²) in [4.78, 5) is 14.3. The first-order valence-corrected chi connectivity index (χ1v) is 9.23. The molecule has 20 heavy (non-hydrogen) atoms. The zero-order valence-electron chi connectivity index (χ0n) is 11.6. The average Bonchev–Trinajstić information content (AvgIpc) is 2.70. The van der Waals surface area contributed by atoms with Gasteiger partial charge in [0.15, 0.2) is 9.84 Å². The first kappa shape index (κ1) is 15.5. The molecule has 110 valence electrons. The van der Waals surface area contributed by atoms with Crippen molar-refractivity contribution in [1.29, 1.82) is 0 Å². The smallest absolute Gasteiger partial charge is 0.255 e. The number of aryl methyl sites for hydroxylation is 1. The third kappa shape index (κ3) is 3.23. The van der Waals surface area contributed by atoms with E-state index >= 15 is 0 Å². The van der Waals surface area contributed by atoms with Crippen molar-refractivity contribution < 1.29 is 13.2 Å². The molecule has 6 heteroatoms. The minimum Gasteiger partial charge on any atom is -0.335 e. The molecule has 0 N–H and O–H groups in total. The lowest BCUT2D eigenvalue weighted by atomic mass is 10.1. The van der Waals surface area contributed by atoms with E-state index in [4.69, 9.17) is 0 Å². The van der Waals surface area contributed by atoms with Gasteiger partial charge in [-0.2, -0.15) is 0 Å². The van der Waals surface area contributed by atoms with Gasteiger partial charge in [0, 0.05) is 17.1 Å². The summed E-state index contributed by atoms with van der Waals surface area (Å²) in [6, 6.07) is 5.36. The number of hydrogen-bond acceptors (Lipinski definition) is 3. The van der Waals surface area contributed by atoms with Gasteiger partial charge in [0.25, 0.3) is 5.91 Å². The predicted octanol–water partition coefficient (Wildman–Crippen LogP) is 2.41. The molecule has 1 aromatic rings. The molecule has 0 saturated carbocycles. The molecule has 1 atom stereocenters. The Labute approximate surface area is 128 Å². The van der Waals surface area contributed by atoms with Crippen LogP contribution in [0.4, 0.5) is 0 Å². The summed E-state index contributed by atoms with van der Waals surface area (Å²) >= 11 is 3.41. The highest BCUT2D eigenvalue weighted by Gasteiger charge is 2.34. The van der Waals surface area contributed by atoms with Crippen LogP contribution in [0.5, 0.6) is 0 Å². The summed E-state index contributed by atoms with van der Waals surface area (Å²) in [5.74, 6) is 0.147. The van der Waals surface area contributed by atoms with Crippen LogP contribution in [0.2, 0.25) is 0 Å². The van der Waals surface area contributed by atoms with Crippen molar-refractivity contribution in [3.63, 3.8) is 0 Å². The largest absolute Gasteiger partial charge is 0.335 e. The van der Waals surface area contributed by atoms with Gasteiger partial charge in [0.1, 0.15) is 0 Å². The Morgan fingerprint density at radius 2 is 2.15 bits per heavy atom. The van der Waals surface area contributed by atoms with Crippen molar-refractivity contribution >= 4 is 31.7 Å². The molecular weight excluding hydrogens is 342 g/mol. The van der Waals surface area contributed by atoms with Crippen molar-refractivity contribution in [2.75, 3.05) is 18.1 Å². The fourth-order valence-corrected chi connectivity index (χ4v) is 4.93. The lowest BCUT2D eigenvalue weighted by Gasteiger charge is -2.27. The Bertz CT molecular complexity index is 627. The van der Waals surface area contributed by atoms with Crippen LogP contribution in [-0.4, -0.2) is 43.3 Å². The van der Waals surface area contributed by atoms with E-state index in [0.29, 0.717) is 18.5 Å². The fourth-order valence-electron chi connectivity index (χ4n) is 2.54. The van der Waals surface area contributed by atoms with E-state index in [-0.39, 0.29) is 23.5 Å². The molecular formula is C14H18BrNO3S. The van der Waals surface area contributed by atoms with E-state index in [2.05, 4.69) is 15.9 Å². The molecule has 0 bridgehead atoms. The zero-order chi connectivity index (χ0) is 14.9.